The van der Waals surface area contributed by atoms with E-state index < -0.39 is 23.0 Å². The van der Waals surface area contributed by atoms with Gasteiger partial charge in [-0.3, -0.25) is 14.4 Å². The summed E-state index contributed by atoms with van der Waals surface area (Å²) in [5, 5.41) is 21.7. The van der Waals surface area contributed by atoms with Crippen molar-refractivity contribution in [3.63, 3.8) is 0 Å². The van der Waals surface area contributed by atoms with Crippen molar-refractivity contribution in [2.24, 2.45) is 40.4 Å². The monoisotopic (exact) mass is 484 g/mol. The van der Waals surface area contributed by atoms with E-state index in [-0.39, 0.29) is 41.0 Å². The molecule has 2 saturated carbocycles. The zero-order valence-corrected chi connectivity index (χ0v) is 22.4. The average molecular weight is 485 g/mol. The van der Waals surface area contributed by atoms with Crippen molar-refractivity contribution in [3.05, 3.63) is 23.3 Å². The Balaban J connectivity index is 1.63. The van der Waals surface area contributed by atoms with Gasteiger partial charge in [-0.1, -0.05) is 39.8 Å². The molecule has 5 nitrogen and oxygen atoms in total. The summed E-state index contributed by atoms with van der Waals surface area (Å²) in [4.78, 5) is 39.2. The van der Waals surface area contributed by atoms with E-state index in [0.717, 1.165) is 36.8 Å². The van der Waals surface area contributed by atoms with Crippen molar-refractivity contribution >= 4 is 17.3 Å². The van der Waals surface area contributed by atoms with Gasteiger partial charge in [0.15, 0.2) is 11.6 Å². The van der Waals surface area contributed by atoms with Crippen LogP contribution in [0.5, 0.6) is 0 Å². The van der Waals surface area contributed by atoms with E-state index in [1.165, 1.54) is 0 Å². The Kier molecular flexibility index (Phi) is 6.63. The number of allylic oxidation sites excluding steroid dienone is 3. The van der Waals surface area contributed by atoms with Gasteiger partial charge in [-0.05, 0) is 75.5 Å². The molecule has 0 aliphatic heterocycles. The smallest absolute Gasteiger partial charge is 0.160 e. The molecule has 4 aliphatic rings. The molecular formula is C30H44O5. The number of carbonyl (C=O) groups excluding carboxylic acids is 3. The van der Waals surface area contributed by atoms with Crippen LogP contribution in [0.25, 0.3) is 0 Å². The van der Waals surface area contributed by atoms with Crippen molar-refractivity contribution in [1.29, 1.82) is 0 Å². The van der Waals surface area contributed by atoms with Gasteiger partial charge in [-0.15, -0.1) is 0 Å². The normalized spacial score (nSPS) is 42.7. The van der Waals surface area contributed by atoms with Gasteiger partial charge < -0.3 is 10.2 Å². The number of aliphatic hydroxyl groups is 2. The molecule has 0 aromatic rings. The fourth-order valence-electron chi connectivity index (χ4n) is 8.57. The second-order valence-corrected chi connectivity index (χ2v) is 13.0. The maximum Gasteiger partial charge on any atom is 0.160 e. The van der Waals surface area contributed by atoms with Crippen LogP contribution >= 0.6 is 0 Å². The van der Waals surface area contributed by atoms with Crippen molar-refractivity contribution in [1.82, 2.24) is 0 Å². The van der Waals surface area contributed by atoms with Gasteiger partial charge in [0.05, 0.1) is 11.7 Å². The Hall–Kier alpha value is -1.59. The second-order valence-electron chi connectivity index (χ2n) is 13.0. The molecule has 0 heterocycles. The molecule has 2 N–H and O–H groups in total. The van der Waals surface area contributed by atoms with Crippen LogP contribution < -0.4 is 0 Å². The van der Waals surface area contributed by atoms with Crippen LogP contribution in [0.1, 0.15) is 92.9 Å². The van der Waals surface area contributed by atoms with E-state index in [0.29, 0.717) is 36.7 Å². The highest BCUT2D eigenvalue weighted by Crippen LogP contribution is 2.65. The Labute approximate surface area is 210 Å². The van der Waals surface area contributed by atoms with Gasteiger partial charge in [0.2, 0.25) is 0 Å². The molecule has 0 aromatic carbocycles. The number of carbonyl (C=O) groups is 3. The molecule has 0 saturated heterocycles. The first-order chi connectivity index (χ1) is 16.2. The van der Waals surface area contributed by atoms with Crippen LogP contribution in [-0.4, -0.2) is 39.3 Å². The van der Waals surface area contributed by atoms with E-state index in [4.69, 9.17) is 0 Å². The molecule has 4 aliphatic carbocycles. The van der Waals surface area contributed by atoms with E-state index in [1.54, 1.807) is 13.8 Å². The predicted molar refractivity (Wildman–Crippen MR) is 135 cm³/mol. The maximum atomic E-state index is 13.9. The number of ketones is 3. The molecule has 35 heavy (non-hydrogen) atoms. The largest absolute Gasteiger partial charge is 0.390 e. The maximum absolute atomic E-state index is 13.9. The SMILES string of the molecule is C=C(CCC(C)C1CCC2C3=C(C(=O)CC21C)C1(C)CCC(O)C(C)(O)C1CC3=O)C(C)C(C)=O. The summed E-state index contributed by atoms with van der Waals surface area (Å²) in [6.45, 7) is 15.8. The third kappa shape index (κ3) is 3.92. The summed E-state index contributed by atoms with van der Waals surface area (Å²) >= 11 is 0. The van der Waals surface area contributed by atoms with E-state index in [2.05, 4.69) is 20.4 Å². The molecule has 4 rings (SSSR count). The highest BCUT2D eigenvalue weighted by Gasteiger charge is 2.64. The first kappa shape index (κ1) is 26.5. The Bertz CT molecular complexity index is 989. The summed E-state index contributed by atoms with van der Waals surface area (Å²) < 4.78 is 0. The summed E-state index contributed by atoms with van der Waals surface area (Å²) in [6, 6.07) is 0. The summed E-state index contributed by atoms with van der Waals surface area (Å²) in [5.41, 5.74) is 0.188. The summed E-state index contributed by atoms with van der Waals surface area (Å²) in [5.74, 6) is 0.414. The lowest BCUT2D eigenvalue weighted by Crippen LogP contribution is -2.61. The average Bonchev–Trinajstić information content (AvgIpc) is 3.12. The van der Waals surface area contributed by atoms with Crippen molar-refractivity contribution in [3.8, 4) is 0 Å². The standard InChI is InChI=1S/C30H44O5/c1-16(18(3)19(4)31)8-9-17(2)20-10-11-21-26-22(32)14-24-28(5,13-12-25(34)30(24,7)35)27(26)23(33)15-29(20,21)6/h17-18,20-21,24-25,34-35H,1,8-15H2,2-7H3. The molecule has 0 amide bonds. The fraction of sp³-hybridized carbons (Fsp3) is 0.767. The second kappa shape index (κ2) is 8.76. The lowest BCUT2D eigenvalue weighted by molar-refractivity contribution is -0.170. The molecular weight excluding hydrogens is 440 g/mol. The van der Waals surface area contributed by atoms with Gasteiger partial charge in [0.25, 0.3) is 0 Å². The van der Waals surface area contributed by atoms with Gasteiger partial charge in [0, 0.05) is 41.2 Å². The quantitative estimate of drug-likeness (QED) is 0.519. The molecule has 2 fully saturated rings. The van der Waals surface area contributed by atoms with Gasteiger partial charge >= 0.3 is 0 Å². The number of fused-ring (bicyclic) bond motifs is 4. The highest BCUT2D eigenvalue weighted by atomic mass is 16.3. The van der Waals surface area contributed by atoms with Crippen LogP contribution in [0.2, 0.25) is 0 Å². The number of aliphatic hydroxyl groups excluding tert-OH is 1. The number of rotatable bonds is 6. The highest BCUT2D eigenvalue weighted by molar-refractivity contribution is 6.11. The first-order valence-electron chi connectivity index (χ1n) is 13.6. The van der Waals surface area contributed by atoms with Gasteiger partial charge in [0.1, 0.15) is 5.78 Å². The van der Waals surface area contributed by atoms with E-state index in [1.807, 2.05) is 13.8 Å². The predicted octanol–water partition coefficient (Wildman–Crippen LogP) is 4.99. The van der Waals surface area contributed by atoms with Crippen molar-refractivity contribution in [2.45, 2.75) is 105 Å². The minimum absolute atomic E-state index is 0.00177. The lowest BCUT2D eigenvalue weighted by atomic mass is 9.47. The lowest BCUT2D eigenvalue weighted by Gasteiger charge is -2.57. The molecule has 9 unspecified atom stereocenters. The first-order valence-corrected chi connectivity index (χ1v) is 13.6. The van der Waals surface area contributed by atoms with Crippen LogP contribution in [0.3, 0.4) is 0 Å². The van der Waals surface area contributed by atoms with Gasteiger partial charge in [-0.25, -0.2) is 0 Å². The van der Waals surface area contributed by atoms with Crippen LogP contribution in [0.15, 0.2) is 23.3 Å². The third-order valence-electron chi connectivity index (χ3n) is 11.0. The Morgan fingerprint density at radius 2 is 1.77 bits per heavy atom. The zero-order valence-electron chi connectivity index (χ0n) is 22.4. The van der Waals surface area contributed by atoms with Crippen molar-refractivity contribution < 1.29 is 24.6 Å². The van der Waals surface area contributed by atoms with Gasteiger partial charge in [-0.2, -0.15) is 0 Å². The Morgan fingerprint density at radius 3 is 2.40 bits per heavy atom. The third-order valence-corrected chi connectivity index (χ3v) is 11.0. The van der Waals surface area contributed by atoms with Crippen LogP contribution in [-0.2, 0) is 14.4 Å². The molecule has 5 heteroatoms. The van der Waals surface area contributed by atoms with Crippen LogP contribution in [0.4, 0.5) is 0 Å². The van der Waals surface area contributed by atoms with Crippen LogP contribution in [0, 0.1) is 40.4 Å². The van der Waals surface area contributed by atoms with E-state index >= 15 is 0 Å². The minimum atomic E-state index is -1.38. The molecule has 0 bridgehead atoms. The summed E-state index contributed by atoms with van der Waals surface area (Å²) in [6.07, 6.45) is 4.44. The minimum Gasteiger partial charge on any atom is -0.390 e. The Morgan fingerprint density at radius 1 is 1.11 bits per heavy atom. The molecule has 9 atom stereocenters. The molecule has 0 radical (unpaired) electrons. The number of hydrogen-bond donors (Lipinski definition) is 2. The molecule has 0 spiro atoms. The van der Waals surface area contributed by atoms with E-state index in [9.17, 15) is 24.6 Å². The topological polar surface area (TPSA) is 91.7 Å². The van der Waals surface area contributed by atoms with Crippen molar-refractivity contribution in [2.75, 3.05) is 0 Å². The number of hydrogen-bond acceptors (Lipinski definition) is 5. The summed E-state index contributed by atoms with van der Waals surface area (Å²) in [7, 11) is 0. The zero-order chi connectivity index (χ0) is 26.1. The number of Topliss-reactive ketones (excluding diaryl/α,β-unsaturated/α-hetero) is 3. The molecule has 194 valence electrons. The fourth-order valence-corrected chi connectivity index (χ4v) is 8.57. The molecule has 0 aromatic heterocycles.